The molecule has 0 spiro atoms. The molecule has 0 saturated carbocycles. The molecule has 0 aliphatic heterocycles. The van der Waals surface area contributed by atoms with Crippen LogP contribution in [0.2, 0.25) is 0 Å². The van der Waals surface area contributed by atoms with Crippen molar-refractivity contribution in [2.24, 2.45) is 0 Å². The Morgan fingerprint density at radius 2 is 0.429 bits per heavy atom. The maximum absolute atomic E-state index is 11.7. The van der Waals surface area contributed by atoms with E-state index < -0.39 is 0 Å². The highest BCUT2D eigenvalue weighted by atomic mass is 16.6. The Balaban J connectivity index is 3.12. The first-order valence-electron chi connectivity index (χ1n) is 21.4. The summed E-state index contributed by atoms with van der Waals surface area (Å²) in [6.07, 6.45) is 13.5. The van der Waals surface area contributed by atoms with Crippen molar-refractivity contribution >= 4 is 11.9 Å². The van der Waals surface area contributed by atoms with E-state index >= 15 is 0 Å². The number of hydrogen-bond acceptors (Lipinski definition) is 15. The van der Waals surface area contributed by atoms with Crippen molar-refractivity contribution in [2.45, 2.75) is 97.3 Å². The maximum atomic E-state index is 11.7. The van der Waals surface area contributed by atoms with Gasteiger partial charge in [-0.2, -0.15) is 0 Å². The van der Waals surface area contributed by atoms with E-state index in [0.29, 0.717) is 158 Å². The van der Waals surface area contributed by atoms with Crippen molar-refractivity contribution in [3.63, 3.8) is 0 Å². The van der Waals surface area contributed by atoms with E-state index in [1.807, 2.05) is 0 Å². The molecule has 0 fully saturated rings. The molecule has 0 aromatic carbocycles. The van der Waals surface area contributed by atoms with Crippen molar-refractivity contribution in [1.29, 1.82) is 0 Å². The Hall–Kier alpha value is -1.50. The summed E-state index contributed by atoms with van der Waals surface area (Å²) in [5.41, 5.74) is 0. The number of unbranched alkanes of at least 4 members (excludes halogenated alkanes) is 9. The van der Waals surface area contributed by atoms with Gasteiger partial charge in [-0.05, 0) is 12.8 Å². The van der Waals surface area contributed by atoms with Gasteiger partial charge >= 0.3 is 11.9 Å². The second kappa shape index (κ2) is 49.6. The number of esters is 2. The number of carbonyl (C=O) groups is 2. The third kappa shape index (κ3) is 48.6. The van der Waals surface area contributed by atoms with Crippen LogP contribution in [0.1, 0.15) is 97.3 Å². The van der Waals surface area contributed by atoms with Gasteiger partial charge in [0.15, 0.2) is 0 Å². The standard InChI is InChI=1S/C41H80O15/c1-3-5-7-9-10-11-13-15-41(43)56-39-37-54-35-33-52-31-29-50-27-25-48-23-21-46-19-17-44-16-18-45-20-22-47-24-26-49-28-30-51-32-34-53-36-38-55-40(42)14-12-8-6-4-2/h3-39H2,1-2H3. The normalized spacial score (nSPS) is 11.4. The van der Waals surface area contributed by atoms with Gasteiger partial charge in [-0.3, -0.25) is 9.59 Å². The zero-order chi connectivity index (χ0) is 40.5. The second-order valence-corrected chi connectivity index (χ2v) is 12.9. The summed E-state index contributed by atoms with van der Waals surface area (Å²) in [7, 11) is 0. The average molecular weight is 813 g/mol. The summed E-state index contributed by atoms with van der Waals surface area (Å²) in [4.78, 5) is 23.3. The molecule has 0 aromatic rings. The molecule has 0 radical (unpaired) electrons. The zero-order valence-corrected chi connectivity index (χ0v) is 35.3. The van der Waals surface area contributed by atoms with E-state index in [-0.39, 0.29) is 25.2 Å². The molecule has 15 heteroatoms. The van der Waals surface area contributed by atoms with Crippen LogP contribution in [0, 0.1) is 0 Å². The molecule has 0 unspecified atom stereocenters. The van der Waals surface area contributed by atoms with Gasteiger partial charge < -0.3 is 61.6 Å². The lowest BCUT2D eigenvalue weighted by atomic mass is 10.1. The zero-order valence-electron chi connectivity index (χ0n) is 35.3. The Labute approximate surface area is 338 Å². The molecule has 15 nitrogen and oxygen atoms in total. The molecule has 56 heavy (non-hydrogen) atoms. The molecule has 0 saturated heterocycles. The van der Waals surface area contributed by atoms with E-state index in [9.17, 15) is 9.59 Å². The minimum atomic E-state index is -0.155. The molecule has 0 aromatic heterocycles. The predicted molar refractivity (Wildman–Crippen MR) is 212 cm³/mol. The molecule has 0 bridgehead atoms. The van der Waals surface area contributed by atoms with Crippen LogP contribution in [0.15, 0.2) is 0 Å². The number of hydrogen-bond donors (Lipinski definition) is 0. The lowest BCUT2D eigenvalue weighted by Gasteiger charge is -2.09. The molecular formula is C41H80O15. The Morgan fingerprint density at radius 3 is 0.661 bits per heavy atom. The second-order valence-electron chi connectivity index (χ2n) is 12.9. The van der Waals surface area contributed by atoms with E-state index in [1.54, 1.807) is 0 Å². The van der Waals surface area contributed by atoms with Gasteiger partial charge in [0, 0.05) is 12.8 Å². The molecular weight excluding hydrogens is 732 g/mol. The van der Waals surface area contributed by atoms with Gasteiger partial charge in [-0.25, -0.2) is 0 Å². The summed E-state index contributed by atoms with van der Waals surface area (Å²) >= 11 is 0. The molecule has 0 amide bonds. The molecule has 0 aliphatic carbocycles. The molecule has 0 rings (SSSR count). The molecule has 0 heterocycles. The first kappa shape index (κ1) is 54.5. The van der Waals surface area contributed by atoms with E-state index in [4.69, 9.17) is 61.6 Å². The minimum Gasteiger partial charge on any atom is -0.463 e. The van der Waals surface area contributed by atoms with Gasteiger partial charge in [-0.1, -0.05) is 71.6 Å². The van der Waals surface area contributed by atoms with Crippen LogP contribution in [0.25, 0.3) is 0 Å². The van der Waals surface area contributed by atoms with Crippen molar-refractivity contribution in [1.82, 2.24) is 0 Å². The smallest absolute Gasteiger partial charge is 0.305 e. The van der Waals surface area contributed by atoms with Gasteiger partial charge in [0.05, 0.1) is 145 Å². The number of carbonyl (C=O) groups excluding carboxylic acids is 2. The topological polar surface area (TPSA) is 154 Å². The third-order valence-corrected chi connectivity index (χ3v) is 7.92. The highest BCUT2D eigenvalue weighted by molar-refractivity contribution is 5.69. The van der Waals surface area contributed by atoms with Gasteiger partial charge in [0.2, 0.25) is 0 Å². The monoisotopic (exact) mass is 813 g/mol. The van der Waals surface area contributed by atoms with Crippen molar-refractivity contribution < 1.29 is 71.2 Å². The fraction of sp³-hybridized carbons (Fsp3) is 0.951. The minimum absolute atomic E-state index is 0.144. The number of ether oxygens (including phenoxy) is 13. The largest absolute Gasteiger partial charge is 0.463 e. The maximum Gasteiger partial charge on any atom is 0.305 e. The summed E-state index contributed by atoms with van der Waals surface area (Å²) in [6.45, 7) is 15.3. The average Bonchev–Trinajstić information content (AvgIpc) is 3.20. The lowest BCUT2D eigenvalue weighted by molar-refractivity contribution is -0.146. The van der Waals surface area contributed by atoms with Gasteiger partial charge in [0.1, 0.15) is 13.2 Å². The molecule has 0 N–H and O–H groups in total. The van der Waals surface area contributed by atoms with E-state index in [1.165, 1.54) is 32.1 Å². The van der Waals surface area contributed by atoms with Crippen LogP contribution in [0.4, 0.5) is 0 Å². The first-order valence-corrected chi connectivity index (χ1v) is 21.4. The summed E-state index contributed by atoms with van der Waals surface area (Å²) in [5.74, 6) is -0.299. The first-order chi connectivity index (χ1) is 27.7. The van der Waals surface area contributed by atoms with E-state index in [0.717, 1.165) is 38.5 Å². The SMILES string of the molecule is CCCCCCCCCC(=O)OCCOCCOCCOCCOCCOCCOCCOCCOCCOCCOCCOCCOC(=O)CCCCCC. The van der Waals surface area contributed by atoms with Crippen LogP contribution < -0.4 is 0 Å². The molecule has 0 aliphatic rings. The van der Waals surface area contributed by atoms with E-state index in [2.05, 4.69) is 13.8 Å². The Bertz CT molecular complexity index is 777. The fourth-order valence-electron chi connectivity index (χ4n) is 4.80. The fourth-order valence-corrected chi connectivity index (χ4v) is 4.80. The van der Waals surface area contributed by atoms with Crippen LogP contribution in [-0.2, 0) is 71.2 Å². The van der Waals surface area contributed by atoms with Crippen molar-refractivity contribution in [2.75, 3.05) is 159 Å². The summed E-state index contributed by atoms with van der Waals surface area (Å²) in [5, 5.41) is 0. The highest BCUT2D eigenvalue weighted by Crippen LogP contribution is 2.09. The van der Waals surface area contributed by atoms with Crippen LogP contribution in [-0.4, -0.2) is 171 Å². The van der Waals surface area contributed by atoms with Crippen LogP contribution in [0.5, 0.6) is 0 Å². The summed E-state index contributed by atoms with van der Waals surface area (Å²) < 4.78 is 70.5. The quantitative estimate of drug-likeness (QED) is 0.0571. The highest BCUT2D eigenvalue weighted by Gasteiger charge is 2.04. The summed E-state index contributed by atoms with van der Waals surface area (Å²) in [6, 6.07) is 0. The predicted octanol–water partition coefficient (Wildman–Crippen LogP) is 5.37. The Kier molecular flexibility index (Phi) is 48.3. The lowest BCUT2D eigenvalue weighted by Crippen LogP contribution is -2.16. The Morgan fingerprint density at radius 1 is 0.250 bits per heavy atom. The number of rotatable bonds is 49. The van der Waals surface area contributed by atoms with Crippen molar-refractivity contribution in [3.05, 3.63) is 0 Å². The van der Waals surface area contributed by atoms with Crippen LogP contribution >= 0.6 is 0 Å². The molecule has 334 valence electrons. The third-order valence-electron chi connectivity index (χ3n) is 7.92. The van der Waals surface area contributed by atoms with Gasteiger partial charge in [0.25, 0.3) is 0 Å². The van der Waals surface area contributed by atoms with Gasteiger partial charge in [-0.15, -0.1) is 0 Å². The van der Waals surface area contributed by atoms with Crippen LogP contribution in [0.3, 0.4) is 0 Å². The van der Waals surface area contributed by atoms with Crippen molar-refractivity contribution in [3.8, 4) is 0 Å². The molecule has 0 atom stereocenters.